The highest BCUT2D eigenvalue weighted by Gasteiger charge is 2.38. The first-order valence-electron chi connectivity index (χ1n) is 8.30. The van der Waals surface area contributed by atoms with Crippen LogP contribution in [-0.4, -0.2) is 35.7 Å². The molecule has 2 unspecified atom stereocenters. The van der Waals surface area contributed by atoms with Gasteiger partial charge in [-0.25, -0.2) is 0 Å². The van der Waals surface area contributed by atoms with Gasteiger partial charge < -0.3 is 10.0 Å². The molecule has 0 amide bonds. The molecule has 2 aliphatic rings. The van der Waals surface area contributed by atoms with Gasteiger partial charge in [0.2, 0.25) is 0 Å². The Morgan fingerprint density at radius 1 is 1.16 bits per heavy atom. The lowest BCUT2D eigenvalue weighted by molar-refractivity contribution is -0.0460. The molecule has 19 heavy (non-hydrogen) atoms. The van der Waals surface area contributed by atoms with Crippen LogP contribution in [0.25, 0.3) is 0 Å². The lowest BCUT2D eigenvalue weighted by Crippen LogP contribution is -2.46. The number of rotatable bonds is 3. The Morgan fingerprint density at radius 2 is 1.79 bits per heavy atom. The Labute approximate surface area is 119 Å². The van der Waals surface area contributed by atoms with Gasteiger partial charge in [-0.15, -0.1) is 0 Å². The van der Waals surface area contributed by atoms with Crippen molar-refractivity contribution in [1.82, 2.24) is 4.90 Å². The van der Waals surface area contributed by atoms with Crippen molar-refractivity contribution in [3.63, 3.8) is 0 Å². The van der Waals surface area contributed by atoms with Crippen LogP contribution in [0.15, 0.2) is 0 Å². The predicted molar refractivity (Wildman–Crippen MR) is 81.1 cm³/mol. The van der Waals surface area contributed by atoms with Gasteiger partial charge in [0.15, 0.2) is 0 Å². The van der Waals surface area contributed by atoms with E-state index >= 15 is 0 Å². The largest absolute Gasteiger partial charge is 0.392 e. The van der Waals surface area contributed by atoms with Crippen molar-refractivity contribution in [2.24, 2.45) is 23.2 Å². The number of piperidine rings is 1. The highest BCUT2D eigenvalue weighted by atomic mass is 16.3. The SMILES string of the molecule is CC(C)C1CCN(CC2CCCC(C)(C)C2O)CC1. The predicted octanol–water partition coefficient (Wildman–Crippen LogP) is 3.54. The zero-order chi connectivity index (χ0) is 14.0. The Morgan fingerprint density at radius 3 is 2.37 bits per heavy atom. The maximum absolute atomic E-state index is 10.5. The van der Waals surface area contributed by atoms with E-state index in [1.807, 2.05) is 0 Å². The van der Waals surface area contributed by atoms with Crippen molar-refractivity contribution in [3.05, 3.63) is 0 Å². The molecule has 2 nitrogen and oxygen atoms in total. The summed E-state index contributed by atoms with van der Waals surface area (Å²) in [6.07, 6.45) is 6.28. The van der Waals surface area contributed by atoms with Crippen molar-refractivity contribution < 1.29 is 5.11 Å². The molecule has 0 aromatic heterocycles. The fourth-order valence-corrected chi connectivity index (χ4v) is 4.09. The molecular formula is C17H33NO. The van der Waals surface area contributed by atoms with Crippen LogP contribution in [0.5, 0.6) is 0 Å². The number of aliphatic hydroxyl groups is 1. The van der Waals surface area contributed by atoms with Crippen molar-refractivity contribution >= 4 is 0 Å². The maximum Gasteiger partial charge on any atom is 0.0631 e. The first-order chi connectivity index (χ1) is 8.90. The van der Waals surface area contributed by atoms with Gasteiger partial charge in [0, 0.05) is 6.54 Å². The molecule has 0 bridgehead atoms. The van der Waals surface area contributed by atoms with E-state index in [9.17, 15) is 5.11 Å². The summed E-state index contributed by atoms with van der Waals surface area (Å²) in [5, 5.41) is 10.5. The fraction of sp³-hybridized carbons (Fsp3) is 1.00. The van der Waals surface area contributed by atoms with Gasteiger partial charge in [0.1, 0.15) is 0 Å². The van der Waals surface area contributed by atoms with Crippen LogP contribution < -0.4 is 0 Å². The van der Waals surface area contributed by atoms with Gasteiger partial charge in [-0.2, -0.15) is 0 Å². The molecule has 1 saturated carbocycles. The molecule has 1 N–H and O–H groups in total. The van der Waals surface area contributed by atoms with Crippen molar-refractivity contribution in [2.45, 2.75) is 65.9 Å². The number of hydrogen-bond acceptors (Lipinski definition) is 2. The van der Waals surface area contributed by atoms with E-state index in [2.05, 4.69) is 32.6 Å². The zero-order valence-electron chi connectivity index (χ0n) is 13.4. The monoisotopic (exact) mass is 267 g/mol. The topological polar surface area (TPSA) is 23.5 Å². The van der Waals surface area contributed by atoms with Crippen LogP contribution in [0, 0.1) is 23.2 Å². The Bertz CT molecular complexity index is 279. The smallest absolute Gasteiger partial charge is 0.0631 e. The van der Waals surface area contributed by atoms with E-state index in [1.165, 1.54) is 45.2 Å². The molecule has 1 aliphatic carbocycles. The lowest BCUT2D eigenvalue weighted by Gasteiger charge is -2.44. The van der Waals surface area contributed by atoms with Gasteiger partial charge in [-0.3, -0.25) is 0 Å². The van der Waals surface area contributed by atoms with Gasteiger partial charge in [0.05, 0.1) is 6.10 Å². The molecule has 1 heterocycles. The number of hydrogen-bond donors (Lipinski definition) is 1. The summed E-state index contributed by atoms with van der Waals surface area (Å²) in [6.45, 7) is 12.8. The average molecular weight is 267 g/mol. The fourth-order valence-electron chi connectivity index (χ4n) is 4.09. The molecule has 0 aromatic rings. The van der Waals surface area contributed by atoms with Gasteiger partial charge in [-0.1, -0.05) is 34.1 Å². The lowest BCUT2D eigenvalue weighted by atomic mass is 9.69. The molecule has 2 fully saturated rings. The summed E-state index contributed by atoms with van der Waals surface area (Å²) in [5.41, 5.74) is 0.124. The van der Waals surface area contributed by atoms with Crippen LogP contribution in [0.3, 0.4) is 0 Å². The summed E-state index contributed by atoms with van der Waals surface area (Å²) in [7, 11) is 0. The normalized spacial score (nSPS) is 33.8. The first-order valence-corrected chi connectivity index (χ1v) is 8.30. The minimum atomic E-state index is -0.107. The Kier molecular flexibility index (Phi) is 4.94. The number of nitrogens with zero attached hydrogens (tertiary/aromatic N) is 1. The molecule has 0 radical (unpaired) electrons. The summed E-state index contributed by atoms with van der Waals surface area (Å²) >= 11 is 0. The van der Waals surface area contributed by atoms with E-state index in [0.717, 1.165) is 18.4 Å². The Balaban J connectivity index is 1.82. The second kappa shape index (κ2) is 6.13. The quantitative estimate of drug-likeness (QED) is 0.845. The minimum absolute atomic E-state index is 0.107. The molecule has 112 valence electrons. The molecule has 2 atom stereocenters. The Hall–Kier alpha value is -0.0800. The third kappa shape index (κ3) is 3.72. The molecule has 0 aromatic carbocycles. The second-order valence-corrected chi connectivity index (χ2v) is 7.97. The van der Waals surface area contributed by atoms with Crippen LogP contribution in [0.4, 0.5) is 0 Å². The average Bonchev–Trinajstić information content (AvgIpc) is 2.35. The van der Waals surface area contributed by atoms with E-state index in [4.69, 9.17) is 0 Å². The third-order valence-corrected chi connectivity index (χ3v) is 5.71. The van der Waals surface area contributed by atoms with E-state index in [-0.39, 0.29) is 11.5 Å². The number of likely N-dealkylation sites (tertiary alicyclic amines) is 1. The zero-order valence-corrected chi connectivity index (χ0v) is 13.4. The summed E-state index contributed by atoms with van der Waals surface area (Å²) in [4.78, 5) is 2.61. The van der Waals surface area contributed by atoms with Crippen LogP contribution in [-0.2, 0) is 0 Å². The van der Waals surface area contributed by atoms with Gasteiger partial charge >= 0.3 is 0 Å². The van der Waals surface area contributed by atoms with Crippen LogP contribution in [0.1, 0.15) is 59.8 Å². The summed E-state index contributed by atoms with van der Waals surface area (Å²) in [5.74, 6) is 2.25. The molecule has 2 rings (SSSR count). The van der Waals surface area contributed by atoms with Crippen LogP contribution >= 0.6 is 0 Å². The standard InChI is InChI=1S/C17H33NO/c1-13(2)14-7-10-18(11-8-14)12-15-6-5-9-17(3,4)16(15)19/h13-16,19H,5-12H2,1-4H3. The molecule has 0 spiro atoms. The van der Waals surface area contributed by atoms with E-state index in [1.54, 1.807) is 0 Å². The van der Waals surface area contributed by atoms with Gasteiger partial charge in [0.25, 0.3) is 0 Å². The van der Waals surface area contributed by atoms with Gasteiger partial charge in [-0.05, 0) is 61.9 Å². The third-order valence-electron chi connectivity index (χ3n) is 5.71. The maximum atomic E-state index is 10.5. The molecule has 2 heteroatoms. The first kappa shape index (κ1) is 15.3. The molecule has 1 saturated heterocycles. The van der Waals surface area contributed by atoms with E-state index in [0.29, 0.717) is 5.92 Å². The number of aliphatic hydroxyl groups excluding tert-OH is 1. The summed E-state index contributed by atoms with van der Waals surface area (Å²) in [6, 6.07) is 0. The van der Waals surface area contributed by atoms with Crippen molar-refractivity contribution in [3.8, 4) is 0 Å². The highest BCUT2D eigenvalue weighted by Crippen LogP contribution is 2.39. The molecular weight excluding hydrogens is 234 g/mol. The summed E-state index contributed by atoms with van der Waals surface area (Å²) < 4.78 is 0. The second-order valence-electron chi connectivity index (χ2n) is 7.97. The van der Waals surface area contributed by atoms with Crippen molar-refractivity contribution in [1.29, 1.82) is 0 Å². The molecule has 1 aliphatic heterocycles. The minimum Gasteiger partial charge on any atom is -0.392 e. The van der Waals surface area contributed by atoms with Crippen LogP contribution in [0.2, 0.25) is 0 Å². The highest BCUT2D eigenvalue weighted by molar-refractivity contribution is 4.90. The van der Waals surface area contributed by atoms with E-state index < -0.39 is 0 Å². The van der Waals surface area contributed by atoms with Crippen molar-refractivity contribution in [2.75, 3.05) is 19.6 Å².